The van der Waals surface area contributed by atoms with Crippen molar-refractivity contribution < 1.29 is 9.84 Å². The van der Waals surface area contributed by atoms with Crippen molar-refractivity contribution in [1.82, 2.24) is 0 Å². The summed E-state index contributed by atoms with van der Waals surface area (Å²) in [5.41, 5.74) is 4.58. The van der Waals surface area contributed by atoms with Gasteiger partial charge in [0.2, 0.25) is 0 Å². The number of aliphatic hydroxyl groups excluding tert-OH is 1. The monoisotopic (exact) mass is 284 g/mol. The fraction of sp³-hybridized carbons (Fsp3) is 0.368. The van der Waals surface area contributed by atoms with E-state index in [9.17, 15) is 5.11 Å². The molecule has 21 heavy (non-hydrogen) atoms. The molecule has 112 valence electrons. The molecule has 2 heteroatoms. The van der Waals surface area contributed by atoms with Gasteiger partial charge in [0, 0.05) is 6.61 Å². The average Bonchev–Trinajstić information content (AvgIpc) is 2.50. The molecule has 2 aromatic rings. The number of hydrogen-bond acceptors (Lipinski definition) is 2. The molecule has 0 aromatic heterocycles. The smallest absolute Gasteiger partial charge is 0.103 e. The van der Waals surface area contributed by atoms with E-state index < -0.39 is 6.10 Å². The molecule has 2 aromatic carbocycles. The summed E-state index contributed by atoms with van der Waals surface area (Å²) < 4.78 is 5.62. The Morgan fingerprint density at radius 3 is 2.57 bits per heavy atom. The van der Waals surface area contributed by atoms with Crippen molar-refractivity contribution in [3.05, 3.63) is 70.8 Å². The van der Waals surface area contributed by atoms with Crippen LogP contribution in [0.1, 0.15) is 34.8 Å². The highest BCUT2D eigenvalue weighted by Gasteiger charge is 2.10. The van der Waals surface area contributed by atoms with Crippen molar-refractivity contribution >= 4 is 0 Å². The Labute approximate surface area is 127 Å². The van der Waals surface area contributed by atoms with Crippen LogP contribution in [0, 0.1) is 13.8 Å². The van der Waals surface area contributed by atoms with E-state index in [1.165, 1.54) is 11.1 Å². The third-order valence-corrected chi connectivity index (χ3v) is 3.67. The molecule has 1 atom stereocenters. The molecule has 0 heterocycles. The van der Waals surface area contributed by atoms with Crippen LogP contribution in [0.15, 0.2) is 48.5 Å². The summed E-state index contributed by atoms with van der Waals surface area (Å²) in [6.07, 6.45) is 1.45. The fourth-order valence-electron chi connectivity index (χ4n) is 2.43. The summed E-state index contributed by atoms with van der Waals surface area (Å²) in [4.78, 5) is 0. The van der Waals surface area contributed by atoms with Gasteiger partial charge in [-0.25, -0.2) is 0 Å². The van der Waals surface area contributed by atoms with E-state index in [2.05, 4.69) is 30.3 Å². The number of aliphatic hydroxyl groups is 1. The predicted octanol–water partition coefficient (Wildman–Crippen LogP) is 3.99. The third-order valence-electron chi connectivity index (χ3n) is 3.67. The van der Waals surface area contributed by atoms with Crippen molar-refractivity contribution in [2.24, 2.45) is 0 Å². The molecule has 0 aliphatic carbocycles. The Hall–Kier alpha value is -1.64. The summed E-state index contributed by atoms with van der Waals surface area (Å²) >= 11 is 0. The highest BCUT2D eigenvalue weighted by Crippen LogP contribution is 2.19. The lowest BCUT2D eigenvalue weighted by Gasteiger charge is -2.15. The third kappa shape index (κ3) is 5.00. The lowest BCUT2D eigenvalue weighted by molar-refractivity contribution is 0.0349. The Morgan fingerprint density at radius 2 is 1.81 bits per heavy atom. The van der Waals surface area contributed by atoms with E-state index in [0.29, 0.717) is 13.2 Å². The molecule has 0 aliphatic heterocycles. The van der Waals surface area contributed by atoms with E-state index >= 15 is 0 Å². The minimum Gasteiger partial charge on any atom is -0.386 e. The lowest BCUT2D eigenvalue weighted by Crippen LogP contribution is -2.10. The average molecular weight is 284 g/mol. The van der Waals surface area contributed by atoms with E-state index in [-0.39, 0.29) is 0 Å². The molecule has 0 saturated carbocycles. The van der Waals surface area contributed by atoms with Gasteiger partial charge in [-0.05, 0) is 43.4 Å². The molecule has 0 amide bonds. The van der Waals surface area contributed by atoms with Gasteiger partial charge in [-0.3, -0.25) is 0 Å². The quantitative estimate of drug-likeness (QED) is 0.779. The maximum absolute atomic E-state index is 10.2. The second-order valence-corrected chi connectivity index (χ2v) is 5.54. The highest BCUT2D eigenvalue weighted by molar-refractivity contribution is 5.32. The molecule has 0 saturated heterocycles. The Balaban J connectivity index is 1.72. The molecule has 2 nitrogen and oxygen atoms in total. The van der Waals surface area contributed by atoms with Crippen LogP contribution in [0.5, 0.6) is 0 Å². The first-order valence-electron chi connectivity index (χ1n) is 7.53. The molecule has 1 unspecified atom stereocenters. The van der Waals surface area contributed by atoms with Gasteiger partial charge in [0.05, 0.1) is 6.61 Å². The molecule has 0 radical (unpaired) electrons. The Morgan fingerprint density at radius 1 is 1.05 bits per heavy atom. The molecular formula is C19H24O2. The molecule has 0 aliphatic rings. The summed E-state index contributed by atoms with van der Waals surface area (Å²) in [6.45, 7) is 5.10. The lowest BCUT2D eigenvalue weighted by atomic mass is 10.0. The maximum atomic E-state index is 10.2. The van der Waals surface area contributed by atoms with Gasteiger partial charge in [0.1, 0.15) is 6.10 Å². The van der Waals surface area contributed by atoms with Crippen LogP contribution in [0.25, 0.3) is 0 Å². The second kappa shape index (κ2) is 7.96. The Bertz CT molecular complexity index is 549. The number of hydrogen-bond donors (Lipinski definition) is 1. The van der Waals surface area contributed by atoms with Crippen LogP contribution in [0.3, 0.4) is 0 Å². The van der Waals surface area contributed by atoms with Crippen LogP contribution < -0.4 is 0 Å². The minimum absolute atomic E-state index is 0.360. The molecular weight excluding hydrogens is 260 g/mol. The largest absolute Gasteiger partial charge is 0.386 e. The van der Waals surface area contributed by atoms with Crippen molar-refractivity contribution in [2.75, 3.05) is 13.2 Å². The first-order valence-corrected chi connectivity index (χ1v) is 7.53. The van der Waals surface area contributed by atoms with Gasteiger partial charge in [0.25, 0.3) is 0 Å². The zero-order chi connectivity index (χ0) is 15.1. The summed E-state index contributed by atoms with van der Waals surface area (Å²) in [7, 11) is 0. The van der Waals surface area contributed by atoms with E-state index in [1.54, 1.807) is 0 Å². The molecule has 0 bridgehead atoms. The maximum Gasteiger partial charge on any atom is 0.103 e. The first-order chi connectivity index (χ1) is 10.2. The SMILES string of the molecule is Cc1ccc(C)c(C(O)COCCCc2ccccc2)c1. The number of benzene rings is 2. The summed E-state index contributed by atoms with van der Waals surface area (Å²) in [6, 6.07) is 16.5. The van der Waals surface area contributed by atoms with Crippen LogP contribution >= 0.6 is 0 Å². The molecule has 0 spiro atoms. The van der Waals surface area contributed by atoms with E-state index in [0.717, 1.165) is 24.0 Å². The van der Waals surface area contributed by atoms with Gasteiger partial charge < -0.3 is 9.84 Å². The number of rotatable bonds is 7. The Kier molecular flexibility index (Phi) is 5.97. The second-order valence-electron chi connectivity index (χ2n) is 5.54. The summed E-state index contributed by atoms with van der Waals surface area (Å²) in [5, 5.41) is 10.2. The van der Waals surface area contributed by atoms with E-state index in [1.807, 2.05) is 32.0 Å². The molecule has 2 rings (SSSR count). The first kappa shape index (κ1) is 15.7. The van der Waals surface area contributed by atoms with Crippen molar-refractivity contribution in [3.63, 3.8) is 0 Å². The number of aryl methyl sites for hydroxylation is 3. The zero-order valence-corrected chi connectivity index (χ0v) is 12.9. The molecule has 1 N–H and O–H groups in total. The standard InChI is InChI=1S/C19H24O2/c1-15-10-11-16(2)18(13-15)19(20)14-21-12-6-9-17-7-4-3-5-8-17/h3-5,7-8,10-11,13,19-20H,6,9,12,14H2,1-2H3. The predicted molar refractivity (Wildman–Crippen MR) is 86.5 cm³/mol. The van der Waals surface area contributed by atoms with Crippen molar-refractivity contribution in [2.45, 2.75) is 32.8 Å². The topological polar surface area (TPSA) is 29.5 Å². The highest BCUT2D eigenvalue weighted by atomic mass is 16.5. The van der Waals surface area contributed by atoms with Crippen molar-refractivity contribution in [3.8, 4) is 0 Å². The van der Waals surface area contributed by atoms with Crippen LogP contribution in [-0.2, 0) is 11.2 Å². The van der Waals surface area contributed by atoms with Crippen LogP contribution in [0.4, 0.5) is 0 Å². The van der Waals surface area contributed by atoms with Gasteiger partial charge in [0.15, 0.2) is 0 Å². The fourth-order valence-corrected chi connectivity index (χ4v) is 2.43. The number of ether oxygens (including phenoxy) is 1. The minimum atomic E-state index is -0.540. The normalized spacial score (nSPS) is 12.3. The molecule has 0 fully saturated rings. The van der Waals surface area contributed by atoms with Gasteiger partial charge in [-0.1, -0.05) is 54.1 Å². The van der Waals surface area contributed by atoms with Gasteiger partial charge in [-0.15, -0.1) is 0 Å². The summed E-state index contributed by atoms with van der Waals surface area (Å²) in [5.74, 6) is 0. The zero-order valence-electron chi connectivity index (χ0n) is 12.9. The van der Waals surface area contributed by atoms with E-state index in [4.69, 9.17) is 4.74 Å². The van der Waals surface area contributed by atoms with Gasteiger partial charge in [-0.2, -0.15) is 0 Å². The van der Waals surface area contributed by atoms with Crippen molar-refractivity contribution in [1.29, 1.82) is 0 Å². The van der Waals surface area contributed by atoms with Gasteiger partial charge >= 0.3 is 0 Å². The van der Waals surface area contributed by atoms with Crippen LogP contribution in [0.2, 0.25) is 0 Å². The van der Waals surface area contributed by atoms with Crippen LogP contribution in [-0.4, -0.2) is 18.3 Å².